The number of benzene rings is 4. The number of rotatable bonds is 4. The van der Waals surface area contributed by atoms with E-state index >= 15 is 0 Å². The second kappa shape index (κ2) is 15.6. The monoisotopic (exact) mass is 690 g/mol. The van der Waals surface area contributed by atoms with Gasteiger partial charge in [-0.05, 0) is 78.0 Å². The smallest absolute Gasteiger partial charge is 0.423 e. The Morgan fingerprint density at radius 1 is 0.614 bits per heavy atom. The average Bonchev–Trinajstić information content (AvgIpc) is 2.93. The van der Waals surface area contributed by atoms with Crippen molar-refractivity contribution in [3.8, 4) is 11.1 Å². The summed E-state index contributed by atoms with van der Waals surface area (Å²) in [5, 5.41) is 17.1. The van der Waals surface area contributed by atoms with E-state index in [0.29, 0.717) is 23.3 Å². The SMILES string of the molecule is C[C@H](N)c1ccc(-c2ccc(F)c(C(F)(F)F)c2)cc1.C[C@H](N)c1ccc(Br)cc1.OB(O)c1ccc(F)c(C(F)(F)F)c1. The van der Waals surface area contributed by atoms with Crippen LogP contribution in [0.2, 0.25) is 0 Å². The fourth-order valence-electron chi connectivity index (χ4n) is 3.59. The van der Waals surface area contributed by atoms with E-state index in [4.69, 9.17) is 21.5 Å². The zero-order valence-electron chi connectivity index (χ0n) is 23.3. The predicted octanol–water partition coefficient (Wildman–Crippen LogP) is 7.52. The third-order valence-corrected chi connectivity index (χ3v) is 6.56. The van der Waals surface area contributed by atoms with Crippen molar-refractivity contribution in [1.82, 2.24) is 0 Å². The lowest BCUT2D eigenvalue weighted by atomic mass is 9.79. The minimum atomic E-state index is -4.84. The summed E-state index contributed by atoms with van der Waals surface area (Å²) < 4.78 is 101. The summed E-state index contributed by atoms with van der Waals surface area (Å²) >= 11 is 3.35. The molecule has 2 atom stereocenters. The highest BCUT2D eigenvalue weighted by Crippen LogP contribution is 2.34. The lowest BCUT2D eigenvalue weighted by molar-refractivity contribution is -0.140. The van der Waals surface area contributed by atoms with Gasteiger partial charge in [0.15, 0.2) is 0 Å². The van der Waals surface area contributed by atoms with Crippen molar-refractivity contribution in [1.29, 1.82) is 0 Å². The molecular formula is C30H28BBrF8N2O2. The Morgan fingerprint density at radius 3 is 1.41 bits per heavy atom. The molecule has 4 aromatic rings. The summed E-state index contributed by atoms with van der Waals surface area (Å²) in [6.07, 6.45) is -9.54. The molecule has 0 fully saturated rings. The Morgan fingerprint density at radius 2 is 1.00 bits per heavy atom. The van der Waals surface area contributed by atoms with E-state index in [9.17, 15) is 35.1 Å². The third-order valence-electron chi connectivity index (χ3n) is 6.03. The maximum absolute atomic E-state index is 13.2. The molecule has 0 aliphatic carbocycles. The van der Waals surface area contributed by atoms with E-state index in [1.165, 1.54) is 11.6 Å². The molecule has 4 aromatic carbocycles. The minimum Gasteiger partial charge on any atom is -0.423 e. The van der Waals surface area contributed by atoms with Crippen molar-refractivity contribution in [2.24, 2.45) is 11.5 Å². The first-order chi connectivity index (χ1) is 20.3. The largest absolute Gasteiger partial charge is 0.488 e. The lowest BCUT2D eigenvalue weighted by Gasteiger charge is -2.11. The molecule has 44 heavy (non-hydrogen) atoms. The number of hydrogen-bond acceptors (Lipinski definition) is 4. The Labute approximate surface area is 257 Å². The van der Waals surface area contributed by atoms with Crippen molar-refractivity contribution in [2.75, 3.05) is 0 Å². The zero-order valence-corrected chi connectivity index (χ0v) is 24.9. The van der Waals surface area contributed by atoms with Crippen LogP contribution in [0.25, 0.3) is 11.1 Å². The van der Waals surface area contributed by atoms with Crippen molar-refractivity contribution >= 4 is 28.5 Å². The molecule has 0 heterocycles. The molecule has 0 radical (unpaired) electrons. The van der Waals surface area contributed by atoms with Gasteiger partial charge in [0.2, 0.25) is 0 Å². The normalized spacial score (nSPS) is 12.7. The first-order valence-electron chi connectivity index (χ1n) is 12.8. The van der Waals surface area contributed by atoms with Crippen molar-refractivity contribution in [2.45, 2.75) is 38.3 Å². The number of hydrogen-bond donors (Lipinski definition) is 4. The Balaban J connectivity index is 0.000000245. The lowest BCUT2D eigenvalue weighted by Crippen LogP contribution is -2.31. The zero-order chi connectivity index (χ0) is 33.4. The summed E-state index contributed by atoms with van der Waals surface area (Å²) in [5.41, 5.74) is 11.1. The Kier molecular flexibility index (Phi) is 13.1. The van der Waals surface area contributed by atoms with Crippen LogP contribution in [0.1, 0.15) is 48.2 Å². The average molecular weight is 691 g/mol. The number of halogens is 9. The van der Waals surface area contributed by atoms with Gasteiger partial charge in [-0.1, -0.05) is 64.5 Å². The van der Waals surface area contributed by atoms with E-state index < -0.39 is 47.7 Å². The molecule has 0 saturated heterocycles. The first-order valence-corrected chi connectivity index (χ1v) is 13.6. The highest BCUT2D eigenvalue weighted by atomic mass is 79.9. The standard InChI is InChI=1S/C15H13F4N.C8H10BrN.C7H5BF4O2/c1-9(20)10-2-4-11(5-3-10)12-6-7-14(16)13(8-12)15(17,18)19;1-6(10)7-2-4-8(9)5-3-7;9-6-2-1-4(8(13)14)3-5(6)7(10,11)12/h2-9H,20H2,1H3;2-6H,10H2,1H3;1-3,13-14H/t9-;6-;/m00./s1. The summed E-state index contributed by atoms with van der Waals surface area (Å²) in [5.74, 6) is -2.71. The summed E-state index contributed by atoms with van der Waals surface area (Å²) in [6.45, 7) is 3.79. The second-order valence-electron chi connectivity index (χ2n) is 9.55. The maximum atomic E-state index is 13.2. The van der Waals surface area contributed by atoms with E-state index in [2.05, 4.69) is 15.9 Å². The third kappa shape index (κ3) is 11.0. The van der Waals surface area contributed by atoms with Crippen LogP contribution in [0.5, 0.6) is 0 Å². The van der Waals surface area contributed by atoms with Gasteiger partial charge in [0.1, 0.15) is 11.6 Å². The van der Waals surface area contributed by atoms with Gasteiger partial charge in [-0.25, -0.2) is 8.78 Å². The van der Waals surface area contributed by atoms with E-state index in [1.807, 2.05) is 38.1 Å². The van der Waals surface area contributed by atoms with E-state index in [0.717, 1.165) is 28.2 Å². The predicted molar refractivity (Wildman–Crippen MR) is 157 cm³/mol. The maximum Gasteiger partial charge on any atom is 0.488 e. The molecule has 0 spiro atoms. The molecule has 0 saturated carbocycles. The molecular weight excluding hydrogens is 663 g/mol. The highest BCUT2D eigenvalue weighted by Gasteiger charge is 2.35. The quantitative estimate of drug-likeness (QED) is 0.132. The summed E-state index contributed by atoms with van der Waals surface area (Å²) in [7, 11) is -2.04. The molecule has 0 amide bonds. The van der Waals surface area contributed by atoms with Gasteiger partial charge in [-0.3, -0.25) is 0 Å². The first kappa shape index (κ1) is 36.9. The molecule has 0 aliphatic rings. The molecule has 4 nitrogen and oxygen atoms in total. The van der Waals surface area contributed by atoms with Crippen LogP contribution in [-0.4, -0.2) is 17.2 Å². The van der Waals surface area contributed by atoms with Crippen LogP contribution in [0.4, 0.5) is 35.1 Å². The Hall–Kier alpha value is -3.30. The molecule has 0 bridgehead atoms. The molecule has 0 aliphatic heterocycles. The number of nitrogens with two attached hydrogens (primary N) is 2. The fraction of sp³-hybridized carbons (Fsp3) is 0.200. The van der Waals surface area contributed by atoms with Gasteiger partial charge in [0.25, 0.3) is 0 Å². The van der Waals surface area contributed by atoms with E-state index in [1.54, 1.807) is 24.3 Å². The fourth-order valence-corrected chi connectivity index (χ4v) is 3.85. The highest BCUT2D eigenvalue weighted by molar-refractivity contribution is 9.10. The molecule has 0 unspecified atom stereocenters. The van der Waals surface area contributed by atoms with Crippen molar-refractivity contribution < 1.29 is 45.2 Å². The van der Waals surface area contributed by atoms with Gasteiger partial charge >= 0.3 is 19.5 Å². The topological polar surface area (TPSA) is 92.5 Å². The van der Waals surface area contributed by atoms with Gasteiger partial charge in [0.05, 0.1) is 11.1 Å². The summed E-state index contributed by atoms with van der Waals surface area (Å²) in [6, 6.07) is 19.6. The molecule has 0 aromatic heterocycles. The van der Waals surface area contributed by atoms with Crippen LogP contribution in [0, 0.1) is 11.6 Å². The molecule has 236 valence electrons. The van der Waals surface area contributed by atoms with Gasteiger partial charge in [-0.15, -0.1) is 0 Å². The van der Waals surface area contributed by atoms with Crippen LogP contribution in [-0.2, 0) is 12.4 Å². The second-order valence-corrected chi connectivity index (χ2v) is 10.5. The summed E-state index contributed by atoms with van der Waals surface area (Å²) in [4.78, 5) is 0. The van der Waals surface area contributed by atoms with Gasteiger partial charge in [-0.2, -0.15) is 26.3 Å². The van der Waals surface area contributed by atoms with E-state index in [-0.39, 0.29) is 12.1 Å². The molecule has 4 rings (SSSR count). The van der Waals surface area contributed by atoms with Gasteiger partial charge in [0, 0.05) is 16.6 Å². The van der Waals surface area contributed by atoms with Crippen LogP contribution in [0.3, 0.4) is 0 Å². The van der Waals surface area contributed by atoms with Crippen molar-refractivity contribution in [3.63, 3.8) is 0 Å². The van der Waals surface area contributed by atoms with Crippen LogP contribution in [0.15, 0.2) is 89.4 Å². The van der Waals surface area contributed by atoms with Gasteiger partial charge < -0.3 is 21.5 Å². The minimum absolute atomic E-state index is 0.132. The molecule has 14 heteroatoms. The number of alkyl halides is 6. The Bertz CT molecular complexity index is 1500. The molecule has 6 N–H and O–H groups in total. The van der Waals surface area contributed by atoms with Crippen LogP contribution >= 0.6 is 15.9 Å². The van der Waals surface area contributed by atoms with Crippen LogP contribution < -0.4 is 16.9 Å². The van der Waals surface area contributed by atoms with Crippen molar-refractivity contribution in [3.05, 3.63) is 123 Å².